The number of fused-ring (bicyclic) bond motifs is 2. The van der Waals surface area contributed by atoms with Crippen LogP contribution in [0.3, 0.4) is 0 Å². The van der Waals surface area contributed by atoms with Gasteiger partial charge in [-0.25, -0.2) is 4.98 Å². The van der Waals surface area contributed by atoms with Crippen molar-refractivity contribution in [2.75, 3.05) is 22.9 Å². The summed E-state index contributed by atoms with van der Waals surface area (Å²) < 4.78 is 1.59. The van der Waals surface area contributed by atoms with Crippen LogP contribution in [-0.2, 0) is 13.0 Å². The first-order valence-electron chi connectivity index (χ1n) is 7.58. The number of benzene rings is 1. The molecule has 4 rings (SSSR count). The van der Waals surface area contributed by atoms with E-state index in [9.17, 15) is 9.59 Å². The third-order valence-electron chi connectivity index (χ3n) is 4.32. The Hall–Kier alpha value is -2.28. The fourth-order valence-corrected chi connectivity index (χ4v) is 4.09. The Morgan fingerprint density at radius 1 is 1.30 bits per heavy atom. The maximum absolute atomic E-state index is 12.9. The van der Waals surface area contributed by atoms with E-state index in [0.29, 0.717) is 23.9 Å². The summed E-state index contributed by atoms with van der Waals surface area (Å²) in [6, 6.07) is 5.57. The Morgan fingerprint density at radius 3 is 3.04 bits per heavy atom. The van der Waals surface area contributed by atoms with Gasteiger partial charge in [0, 0.05) is 36.4 Å². The van der Waals surface area contributed by atoms with Crippen molar-refractivity contribution in [3.63, 3.8) is 0 Å². The highest BCUT2D eigenvalue weighted by Gasteiger charge is 2.28. The van der Waals surface area contributed by atoms with E-state index in [1.807, 2.05) is 18.2 Å². The van der Waals surface area contributed by atoms with Gasteiger partial charge in [-0.3, -0.25) is 14.2 Å². The van der Waals surface area contributed by atoms with Gasteiger partial charge >= 0.3 is 0 Å². The molecule has 2 N–H and O–H groups in total. The molecule has 6 nitrogen and oxygen atoms in total. The van der Waals surface area contributed by atoms with Crippen LogP contribution >= 0.6 is 11.8 Å². The molecular formula is C16H16N4O2S. The van der Waals surface area contributed by atoms with Crippen LogP contribution in [0.4, 0.5) is 11.4 Å². The molecule has 2 aromatic rings. The lowest BCUT2D eigenvalue weighted by Gasteiger charge is -2.30. The number of carbonyl (C=O) groups excluding carboxylic acids is 1. The highest BCUT2D eigenvalue weighted by molar-refractivity contribution is 7.99. The van der Waals surface area contributed by atoms with E-state index in [4.69, 9.17) is 5.73 Å². The van der Waals surface area contributed by atoms with E-state index in [2.05, 4.69) is 4.98 Å². The van der Waals surface area contributed by atoms with Crippen molar-refractivity contribution in [2.24, 2.45) is 0 Å². The van der Waals surface area contributed by atoms with Gasteiger partial charge in [0.05, 0.1) is 0 Å². The van der Waals surface area contributed by atoms with Gasteiger partial charge in [-0.05, 0) is 30.5 Å². The van der Waals surface area contributed by atoms with Crippen LogP contribution < -0.4 is 16.2 Å². The van der Waals surface area contributed by atoms with Crippen molar-refractivity contribution in [1.29, 1.82) is 0 Å². The Balaban J connectivity index is 1.78. The summed E-state index contributed by atoms with van der Waals surface area (Å²) >= 11 is 1.54. The van der Waals surface area contributed by atoms with Crippen molar-refractivity contribution < 1.29 is 4.79 Å². The average molecular weight is 328 g/mol. The third-order valence-corrected chi connectivity index (χ3v) is 5.29. The van der Waals surface area contributed by atoms with E-state index in [1.165, 1.54) is 18.0 Å². The first kappa shape index (κ1) is 14.3. The van der Waals surface area contributed by atoms with Crippen LogP contribution in [0, 0.1) is 0 Å². The van der Waals surface area contributed by atoms with Crippen molar-refractivity contribution in [2.45, 2.75) is 24.5 Å². The number of rotatable bonds is 1. The topological polar surface area (TPSA) is 81.2 Å². The number of nitrogens with two attached hydrogens (primary N) is 1. The molecule has 0 spiro atoms. The number of nitrogens with zero attached hydrogens (tertiary/aromatic N) is 3. The second-order valence-corrected chi connectivity index (χ2v) is 6.73. The van der Waals surface area contributed by atoms with Crippen LogP contribution in [0.5, 0.6) is 0 Å². The van der Waals surface area contributed by atoms with Crippen molar-refractivity contribution in [3.8, 4) is 0 Å². The van der Waals surface area contributed by atoms with Crippen LogP contribution in [0.15, 0.2) is 34.3 Å². The molecule has 0 unspecified atom stereocenters. The molecule has 0 atom stereocenters. The van der Waals surface area contributed by atoms with Gasteiger partial charge in [0.1, 0.15) is 5.56 Å². The zero-order valence-electron chi connectivity index (χ0n) is 12.5. The molecule has 0 fully saturated rings. The summed E-state index contributed by atoms with van der Waals surface area (Å²) in [6.07, 6.45) is 3.10. The molecule has 0 saturated carbocycles. The van der Waals surface area contributed by atoms with Crippen LogP contribution in [0.2, 0.25) is 0 Å². The van der Waals surface area contributed by atoms with E-state index < -0.39 is 0 Å². The highest BCUT2D eigenvalue weighted by Crippen LogP contribution is 2.32. The van der Waals surface area contributed by atoms with E-state index in [-0.39, 0.29) is 17.0 Å². The molecule has 0 aliphatic carbocycles. The fourth-order valence-electron chi connectivity index (χ4n) is 3.17. The normalized spacial score (nSPS) is 16.1. The van der Waals surface area contributed by atoms with Gasteiger partial charge in [-0.2, -0.15) is 0 Å². The lowest BCUT2D eigenvalue weighted by Crippen LogP contribution is -2.40. The van der Waals surface area contributed by atoms with Gasteiger partial charge in [-0.1, -0.05) is 17.8 Å². The number of carbonyl (C=O) groups is 1. The van der Waals surface area contributed by atoms with Gasteiger partial charge in [-0.15, -0.1) is 0 Å². The predicted molar refractivity (Wildman–Crippen MR) is 90.1 cm³/mol. The summed E-state index contributed by atoms with van der Waals surface area (Å²) in [7, 11) is 0. The summed E-state index contributed by atoms with van der Waals surface area (Å²) in [5.41, 5.74) is 8.39. The summed E-state index contributed by atoms with van der Waals surface area (Å²) in [5.74, 6) is 0.532. The summed E-state index contributed by atoms with van der Waals surface area (Å²) in [4.78, 5) is 31.4. The number of hydrogen-bond acceptors (Lipinski definition) is 5. The summed E-state index contributed by atoms with van der Waals surface area (Å²) in [5, 5.41) is 0.690. The SMILES string of the molecule is Nc1cccc2c1CCCN2C(=O)c1cnc2n(c1=O)CCS2. The molecule has 1 amide bonds. The lowest BCUT2D eigenvalue weighted by molar-refractivity contribution is 0.0982. The minimum atomic E-state index is -0.291. The molecule has 118 valence electrons. The fraction of sp³-hybridized carbons (Fsp3) is 0.312. The van der Waals surface area contributed by atoms with E-state index >= 15 is 0 Å². The van der Waals surface area contributed by atoms with E-state index in [1.54, 1.807) is 9.47 Å². The number of nitrogen functional groups attached to an aromatic ring is 1. The highest BCUT2D eigenvalue weighted by atomic mass is 32.2. The molecular weight excluding hydrogens is 312 g/mol. The molecule has 1 aromatic carbocycles. The van der Waals surface area contributed by atoms with Crippen LogP contribution in [-0.4, -0.2) is 27.8 Å². The zero-order valence-corrected chi connectivity index (χ0v) is 13.3. The molecule has 23 heavy (non-hydrogen) atoms. The number of hydrogen-bond donors (Lipinski definition) is 1. The molecule has 1 aromatic heterocycles. The zero-order chi connectivity index (χ0) is 16.0. The molecule has 7 heteroatoms. The van der Waals surface area contributed by atoms with Crippen LogP contribution in [0.1, 0.15) is 22.3 Å². The van der Waals surface area contributed by atoms with Gasteiger partial charge in [0.2, 0.25) is 0 Å². The number of anilines is 2. The van der Waals surface area contributed by atoms with Gasteiger partial charge < -0.3 is 10.6 Å². The molecule has 0 saturated heterocycles. The molecule has 2 aliphatic rings. The monoisotopic (exact) mass is 328 g/mol. The standard InChI is InChI=1S/C16H16N4O2S/c17-12-4-1-5-13-10(12)3-2-6-19(13)14(21)11-9-18-16-20(15(11)22)7-8-23-16/h1,4-5,9H,2-3,6-8,17H2. The number of thioether (sulfide) groups is 1. The van der Waals surface area contributed by atoms with Gasteiger partial charge in [0.25, 0.3) is 11.5 Å². The Bertz CT molecular complexity index is 862. The molecule has 2 aliphatic heterocycles. The van der Waals surface area contributed by atoms with Crippen molar-refractivity contribution in [3.05, 3.63) is 45.9 Å². The number of aromatic nitrogens is 2. The van der Waals surface area contributed by atoms with E-state index in [0.717, 1.165) is 29.8 Å². The van der Waals surface area contributed by atoms with Crippen molar-refractivity contribution in [1.82, 2.24) is 9.55 Å². The maximum atomic E-state index is 12.9. The Labute approximate surface area is 137 Å². The smallest absolute Gasteiger partial charge is 0.267 e. The minimum Gasteiger partial charge on any atom is -0.398 e. The minimum absolute atomic E-state index is 0.131. The second-order valence-electron chi connectivity index (χ2n) is 5.66. The summed E-state index contributed by atoms with van der Waals surface area (Å²) in [6.45, 7) is 1.20. The molecule has 3 heterocycles. The first-order valence-corrected chi connectivity index (χ1v) is 8.57. The lowest BCUT2D eigenvalue weighted by atomic mass is 9.99. The van der Waals surface area contributed by atoms with Crippen LogP contribution in [0.25, 0.3) is 0 Å². The number of amides is 1. The average Bonchev–Trinajstić information content (AvgIpc) is 3.04. The Morgan fingerprint density at radius 2 is 2.17 bits per heavy atom. The quantitative estimate of drug-likeness (QED) is 0.634. The largest absolute Gasteiger partial charge is 0.398 e. The molecule has 0 radical (unpaired) electrons. The first-order chi connectivity index (χ1) is 11.2. The van der Waals surface area contributed by atoms with Gasteiger partial charge in [0.15, 0.2) is 5.16 Å². The second kappa shape index (κ2) is 5.42. The Kier molecular flexibility index (Phi) is 3.37. The maximum Gasteiger partial charge on any atom is 0.267 e. The predicted octanol–water partition coefficient (Wildman–Crippen LogP) is 1.52. The van der Waals surface area contributed by atoms with Crippen molar-refractivity contribution >= 4 is 29.0 Å². The molecule has 0 bridgehead atoms. The third kappa shape index (κ3) is 2.23.